The number of hydrogen-bond acceptors (Lipinski definition) is 3. The molecule has 0 bridgehead atoms. The minimum absolute atomic E-state index is 0.00964. The van der Waals surface area contributed by atoms with Crippen LogP contribution in [0.25, 0.3) is 11.0 Å². The van der Waals surface area contributed by atoms with Crippen LogP contribution in [-0.4, -0.2) is 26.7 Å². The molecule has 1 fully saturated rings. The van der Waals surface area contributed by atoms with Crippen LogP contribution in [0.2, 0.25) is 0 Å². The van der Waals surface area contributed by atoms with Gasteiger partial charge in [0.25, 0.3) is 0 Å². The molecule has 6 heteroatoms. The lowest BCUT2D eigenvalue weighted by Crippen LogP contribution is -2.38. The lowest BCUT2D eigenvalue weighted by molar-refractivity contribution is -0.142. The van der Waals surface area contributed by atoms with Crippen molar-refractivity contribution < 1.29 is 14.3 Å². The van der Waals surface area contributed by atoms with Crippen molar-refractivity contribution >= 4 is 17.0 Å². The van der Waals surface area contributed by atoms with Gasteiger partial charge in [-0.3, -0.25) is 4.79 Å². The maximum absolute atomic E-state index is 13.4. The summed E-state index contributed by atoms with van der Waals surface area (Å²) in [6, 6.07) is 14.8. The first kappa shape index (κ1) is 18.6. The molecule has 1 aliphatic carbocycles. The predicted octanol–water partition coefficient (Wildman–Crippen LogP) is 4.15. The van der Waals surface area contributed by atoms with E-state index in [1.807, 2.05) is 42.7 Å². The van der Waals surface area contributed by atoms with E-state index in [0.29, 0.717) is 19.4 Å². The Labute approximate surface area is 163 Å². The highest BCUT2D eigenvalue weighted by Crippen LogP contribution is 2.27. The number of rotatable bonds is 6. The molecule has 5 nitrogen and oxygen atoms in total. The number of halogens is 1. The van der Waals surface area contributed by atoms with Gasteiger partial charge in [-0.1, -0.05) is 24.3 Å². The van der Waals surface area contributed by atoms with Crippen molar-refractivity contribution in [2.24, 2.45) is 5.92 Å². The number of carboxylic acids is 1. The summed E-state index contributed by atoms with van der Waals surface area (Å²) < 4.78 is 15.5. The van der Waals surface area contributed by atoms with Gasteiger partial charge in [0.1, 0.15) is 5.82 Å². The van der Waals surface area contributed by atoms with Crippen molar-refractivity contribution in [1.82, 2.24) is 14.9 Å². The smallest absolute Gasteiger partial charge is 0.306 e. The number of carbonyl (C=O) groups is 1. The Balaban J connectivity index is 1.54. The van der Waals surface area contributed by atoms with Gasteiger partial charge >= 0.3 is 5.97 Å². The van der Waals surface area contributed by atoms with Crippen LogP contribution in [-0.2, 0) is 11.3 Å². The molecule has 1 saturated carbocycles. The van der Waals surface area contributed by atoms with Crippen molar-refractivity contribution in [3.8, 4) is 0 Å². The molecule has 0 spiro atoms. The van der Waals surface area contributed by atoms with E-state index in [9.17, 15) is 14.3 Å². The minimum Gasteiger partial charge on any atom is -0.481 e. The molecule has 1 unspecified atom stereocenters. The van der Waals surface area contributed by atoms with Crippen molar-refractivity contribution in [2.45, 2.75) is 44.3 Å². The summed E-state index contributed by atoms with van der Waals surface area (Å²) in [7, 11) is 0. The Morgan fingerprint density at radius 3 is 2.57 bits per heavy atom. The molecule has 0 amide bonds. The second-order valence-corrected chi connectivity index (χ2v) is 7.54. The highest BCUT2D eigenvalue weighted by molar-refractivity contribution is 5.74. The van der Waals surface area contributed by atoms with Crippen molar-refractivity contribution in [3.05, 3.63) is 66.2 Å². The van der Waals surface area contributed by atoms with E-state index < -0.39 is 5.97 Å². The monoisotopic (exact) mass is 381 g/mol. The largest absolute Gasteiger partial charge is 0.481 e. The first-order chi connectivity index (χ1) is 13.6. The molecule has 2 N–H and O–H groups in total. The highest BCUT2D eigenvalue weighted by Gasteiger charge is 2.27. The normalized spacial score (nSPS) is 20.9. The topological polar surface area (TPSA) is 67.2 Å². The summed E-state index contributed by atoms with van der Waals surface area (Å²) in [6.07, 6.45) is 4.89. The van der Waals surface area contributed by atoms with E-state index in [0.717, 1.165) is 29.4 Å². The second-order valence-electron chi connectivity index (χ2n) is 7.54. The van der Waals surface area contributed by atoms with E-state index in [1.54, 1.807) is 0 Å². The van der Waals surface area contributed by atoms with Gasteiger partial charge in [0, 0.05) is 12.6 Å². The lowest BCUT2D eigenvalue weighted by atomic mass is 9.85. The molecule has 0 saturated heterocycles. The van der Waals surface area contributed by atoms with Crippen LogP contribution >= 0.6 is 0 Å². The Hall–Kier alpha value is -2.73. The number of benzene rings is 2. The zero-order valence-corrected chi connectivity index (χ0v) is 15.6. The number of para-hydroxylation sites is 2. The fraction of sp³-hybridized carbons (Fsp3) is 0.364. The molecule has 1 heterocycles. The molecule has 146 valence electrons. The molecule has 4 rings (SSSR count). The Morgan fingerprint density at radius 1 is 1.14 bits per heavy atom. The first-order valence-electron chi connectivity index (χ1n) is 9.74. The van der Waals surface area contributed by atoms with Gasteiger partial charge in [0.15, 0.2) is 0 Å². The van der Waals surface area contributed by atoms with E-state index in [1.165, 1.54) is 12.1 Å². The summed E-state index contributed by atoms with van der Waals surface area (Å²) in [4.78, 5) is 15.7. The van der Waals surface area contributed by atoms with E-state index in [4.69, 9.17) is 0 Å². The Bertz CT molecular complexity index is 946. The summed E-state index contributed by atoms with van der Waals surface area (Å²) in [5.74, 6) is -1.18. The molecule has 28 heavy (non-hydrogen) atoms. The van der Waals surface area contributed by atoms with Gasteiger partial charge in [0.05, 0.1) is 29.3 Å². The number of nitrogens with zero attached hydrogens (tertiary/aromatic N) is 2. The fourth-order valence-electron chi connectivity index (χ4n) is 4.09. The average molecular weight is 381 g/mol. The number of nitrogens with one attached hydrogen (secondary N) is 1. The summed E-state index contributed by atoms with van der Waals surface area (Å²) in [6.45, 7) is 0.672. The van der Waals surface area contributed by atoms with Gasteiger partial charge in [-0.2, -0.15) is 0 Å². The molecule has 2 aromatic carbocycles. The molecule has 0 radical (unpaired) electrons. The van der Waals surface area contributed by atoms with Gasteiger partial charge in [0.2, 0.25) is 0 Å². The molecular formula is C22H24FN3O2. The standard InChI is InChI=1S/C22H24FN3O2/c23-17-9-5-15(6-10-17)20(25-18-11-7-16(8-12-18)22(27)28)13-26-14-24-19-3-1-2-4-21(19)26/h1-6,9-10,14,16,18,20,25H,7-8,11-13H2,(H,27,28). The van der Waals surface area contributed by atoms with Crippen molar-refractivity contribution in [2.75, 3.05) is 0 Å². The van der Waals surface area contributed by atoms with Gasteiger partial charge in [-0.25, -0.2) is 9.37 Å². The SMILES string of the molecule is O=C(O)C1CCC(NC(Cn2cnc3ccccc32)c2ccc(F)cc2)CC1. The van der Waals surface area contributed by atoms with Gasteiger partial charge in [-0.05, 0) is 55.5 Å². The zero-order chi connectivity index (χ0) is 19.5. The van der Waals surface area contributed by atoms with Crippen molar-refractivity contribution in [3.63, 3.8) is 0 Å². The number of aromatic nitrogens is 2. The lowest BCUT2D eigenvalue weighted by Gasteiger charge is -2.31. The number of aliphatic carboxylic acids is 1. The highest BCUT2D eigenvalue weighted by atomic mass is 19.1. The predicted molar refractivity (Wildman–Crippen MR) is 105 cm³/mol. The number of fused-ring (bicyclic) bond motifs is 1. The zero-order valence-electron chi connectivity index (χ0n) is 15.6. The number of imidazole rings is 1. The summed E-state index contributed by atoms with van der Waals surface area (Å²) in [5.41, 5.74) is 3.02. The third-order valence-corrected chi connectivity index (χ3v) is 5.69. The molecule has 1 aliphatic rings. The van der Waals surface area contributed by atoms with Crippen LogP contribution in [0.4, 0.5) is 4.39 Å². The molecule has 1 aromatic heterocycles. The maximum Gasteiger partial charge on any atom is 0.306 e. The molecule has 1 atom stereocenters. The quantitative estimate of drug-likeness (QED) is 0.673. The van der Waals surface area contributed by atoms with Crippen LogP contribution in [0.5, 0.6) is 0 Å². The van der Waals surface area contributed by atoms with E-state index in [2.05, 4.69) is 14.9 Å². The second kappa shape index (κ2) is 8.10. The van der Waals surface area contributed by atoms with Crippen LogP contribution < -0.4 is 5.32 Å². The van der Waals surface area contributed by atoms with Gasteiger partial charge < -0.3 is 15.0 Å². The maximum atomic E-state index is 13.4. The Morgan fingerprint density at radius 2 is 1.86 bits per heavy atom. The fourth-order valence-corrected chi connectivity index (χ4v) is 4.09. The minimum atomic E-state index is -0.696. The summed E-state index contributed by atoms with van der Waals surface area (Å²) >= 11 is 0. The Kier molecular flexibility index (Phi) is 5.39. The van der Waals surface area contributed by atoms with E-state index >= 15 is 0 Å². The van der Waals surface area contributed by atoms with Gasteiger partial charge in [-0.15, -0.1) is 0 Å². The first-order valence-corrected chi connectivity index (χ1v) is 9.74. The average Bonchev–Trinajstić information content (AvgIpc) is 3.11. The number of hydrogen-bond donors (Lipinski definition) is 2. The van der Waals surface area contributed by atoms with Crippen LogP contribution in [0.1, 0.15) is 37.3 Å². The van der Waals surface area contributed by atoms with Crippen molar-refractivity contribution in [1.29, 1.82) is 0 Å². The van der Waals surface area contributed by atoms with Crippen LogP contribution in [0, 0.1) is 11.7 Å². The molecular weight excluding hydrogens is 357 g/mol. The molecule has 3 aromatic rings. The number of carboxylic acid groups (broad SMARTS) is 1. The third kappa shape index (κ3) is 4.07. The summed E-state index contributed by atoms with van der Waals surface area (Å²) in [5, 5.41) is 12.9. The third-order valence-electron chi connectivity index (χ3n) is 5.69. The molecule has 0 aliphatic heterocycles. The van der Waals surface area contributed by atoms with Crippen LogP contribution in [0.15, 0.2) is 54.9 Å². The van der Waals surface area contributed by atoms with Crippen LogP contribution in [0.3, 0.4) is 0 Å². The van der Waals surface area contributed by atoms with E-state index in [-0.39, 0.29) is 23.8 Å².